The van der Waals surface area contributed by atoms with Crippen molar-refractivity contribution in [3.8, 4) is 0 Å². The molecule has 0 radical (unpaired) electrons. The summed E-state index contributed by atoms with van der Waals surface area (Å²) in [4.78, 5) is 14.2. The lowest BCUT2D eigenvalue weighted by Crippen LogP contribution is -2.49. The molecule has 132 valence electrons. The molecule has 1 aromatic rings. The Kier molecular flexibility index (Phi) is 4.90. The van der Waals surface area contributed by atoms with Crippen molar-refractivity contribution in [2.45, 2.75) is 55.2 Å². The number of amides is 1. The predicted molar refractivity (Wildman–Crippen MR) is 85.6 cm³/mol. The van der Waals surface area contributed by atoms with Crippen LogP contribution in [0.4, 0.5) is 8.78 Å². The van der Waals surface area contributed by atoms with Crippen LogP contribution < -0.4 is 0 Å². The van der Waals surface area contributed by atoms with Gasteiger partial charge in [-0.2, -0.15) is 8.78 Å². The van der Waals surface area contributed by atoms with E-state index in [-0.39, 0.29) is 11.9 Å². The maximum Gasteiger partial charge on any atom is 0.341 e. The fourth-order valence-electron chi connectivity index (χ4n) is 3.93. The van der Waals surface area contributed by atoms with Crippen LogP contribution in [0.3, 0.4) is 0 Å². The van der Waals surface area contributed by atoms with Gasteiger partial charge in [0.05, 0.1) is 4.90 Å². The lowest BCUT2D eigenvalue weighted by molar-refractivity contribution is 0.0390. The molecule has 1 aromatic carbocycles. The summed E-state index contributed by atoms with van der Waals surface area (Å²) >= 11 is 0. The van der Waals surface area contributed by atoms with Crippen molar-refractivity contribution in [2.24, 2.45) is 5.92 Å². The van der Waals surface area contributed by atoms with Gasteiger partial charge in [-0.25, -0.2) is 8.42 Å². The second kappa shape index (κ2) is 6.78. The highest BCUT2D eigenvalue weighted by molar-refractivity contribution is 7.91. The van der Waals surface area contributed by atoms with Crippen LogP contribution >= 0.6 is 0 Å². The Morgan fingerprint density at radius 2 is 1.67 bits per heavy atom. The first kappa shape index (κ1) is 17.3. The molecule has 0 N–H and O–H groups in total. The molecular formula is C17H21F2NO3S. The monoisotopic (exact) mass is 357 g/mol. The van der Waals surface area contributed by atoms with Gasteiger partial charge in [0.2, 0.25) is 9.84 Å². The number of halogens is 2. The molecule has 7 heteroatoms. The van der Waals surface area contributed by atoms with Gasteiger partial charge >= 0.3 is 5.76 Å². The summed E-state index contributed by atoms with van der Waals surface area (Å²) in [6, 6.07) is 5.12. The average molecular weight is 357 g/mol. The number of rotatable bonds is 3. The number of hydrogen-bond acceptors (Lipinski definition) is 3. The van der Waals surface area contributed by atoms with Crippen LogP contribution in [0, 0.1) is 5.92 Å². The number of sulfone groups is 1. The van der Waals surface area contributed by atoms with E-state index in [4.69, 9.17) is 0 Å². The summed E-state index contributed by atoms with van der Waals surface area (Å²) in [7, 11) is -4.62. The van der Waals surface area contributed by atoms with E-state index in [9.17, 15) is 22.0 Å². The third-order valence-electron chi connectivity index (χ3n) is 5.17. The summed E-state index contributed by atoms with van der Waals surface area (Å²) in [6.45, 7) is 0.705. The molecule has 4 nitrogen and oxygen atoms in total. The third kappa shape index (κ3) is 3.18. The molecule has 2 aliphatic rings. The van der Waals surface area contributed by atoms with Crippen molar-refractivity contribution in [1.29, 1.82) is 0 Å². The number of hydrogen-bond donors (Lipinski definition) is 0. The van der Waals surface area contributed by atoms with Crippen LogP contribution in [0.5, 0.6) is 0 Å². The number of nitrogens with zero attached hydrogens (tertiary/aromatic N) is 1. The topological polar surface area (TPSA) is 54.5 Å². The van der Waals surface area contributed by atoms with E-state index in [0.29, 0.717) is 18.0 Å². The Morgan fingerprint density at radius 3 is 2.33 bits per heavy atom. The molecule has 2 fully saturated rings. The highest BCUT2D eigenvalue weighted by Crippen LogP contribution is 2.36. The average Bonchev–Trinajstić information content (AvgIpc) is 2.60. The quantitative estimate of drug-likeness (QED) is 0.832. The molecule has 0 bridgehead atoms. The summed E-state index contributed by atoms with van der Waals surface area (Å²) in [5.74, 6) is -3.04. The molecule has 1 aliphatic carbocycles. The number of alkyl halides is 2. The van der Waals surface area contributed by atoms with E-state index in [0.717, 1.165) is 44.2 Å². The van der Waals surface area contributed by atoms with Gasteiger partial charge in [-0.05, 0) is 55.9 Å². The number of fused-ring (bicyclic) bond motifs is 1. The Hall–Kier alpha value is -1.50. The van der Waals surface area contributed by atoms with E-state index in [2.05, 4.69) is 0 Å². The predicted octanol–water partition coefficient (Wildman–Crippen LogP) is 3.48. The van der Waals surface area contributed by atoms with Gasteiger partial charge in [0.15, 0.2) is 0 Å². The molecule has 3 rings (SSSR count). The molecule has 1 saturated carbocycles. The van der Waals surface area contributed by atoms with Crippen molar-refractivity contribution in [3.63, 3.8) is 0 Å². The van der Waals surface area contributed by atoms with Gasteiger partial charge in [-0.1, -0.05) is 12.8 Å². The van der Waals surface area contributed by atoms with E-state index >= 15 is 0 Å². The lowest BCUT2D eigenvalue weighted by Gasteiger charge is -2.44. The van der Waals surface area contributed by atoms with Crippen LogP contribution in [0.1, 0.15) is 48.9 Å². The van der Waals surface area contributed by atoms with Gasteiger partial charge in [0, 0.05) is 18.2 Å². The van der Waals surface area contributed by atoms with E-state index in [1.54, 1.807) is 0 Å². The Balaban J connectivity index is 1.80. The molecule has 1 heterocycles. The first-order valence-corrected chi connectivity index (χ1v) is 9.89. The van der Waals surface area contributed by atoms with Gasteiger partial charge in [-0.3, -0.25) is 4.79 Å². The maximum atomic E-state index is 12.8. The highest BCUT2D eigenvalue weighted by atomic mass is 32.2. The Morgan fingerprint density at radius 1 is 1.04 bits per heavy atom. The van der Waals surface area contributed by atoms with Crippen molar-refractivity contribution in [1.82, 2.24) is 4.90 Å². The van der Waals surface area contributed by atoms with E-state index in [1.807, 2.05) is 4.90 Å². The highest BCUT2D eigenvalue weighted by Gasteiger charge is 2.36. The van der Waals surface area contributed by atoms with Crippen LogP contribution in [0.2, 0.25) is 0 Å². The number of carbonyl (C=O) groups excluding carboxylic acids is 1. The lowest BCUT2D eigenvalue weighted by atomic mass is 9.78. The molecule has 2 atom stereocenters. The van der Waals surface area contributed by atoms with E-state index in [1.165, 1.54) is 18.6 Å². The SMILES string of the molecule is O=C(c1ccc(S(=O)(=O)C(F)F)cc1)N1CCCC2CCCCC21. The zero-order chi connectivity index (χ0) is 17.3. The van der Waals surface area contributed by atoms with Crippen molar-refractivity contribution in [3.05, 3.63) is 29.8 Å². The summed E-state index contributed by atoms with van der Waals surface area (Å²) in [6.07, 6.45) is 6.62. The number of carbonyl (C=O) groups is 1. The van der Waals surface area contributed by atoms with Gasteiger partial charge in [0.25, 0.3) is 5.91 Å². The molecule has 1 aliphatic heterocycles. The maximum absolute atomic E-state index is 12.8. The Labute approximate surface area is 140 Å². The van der Waals surface area contributed by atoms with Gasteiger partial charge in [-0.15, -0.1) is 0 Å². The van der Waals surface area contributed by atoms with Crippen LogP contribution in [0.15, 0.2) is 29.2 Å². The molecule has 2 unspecified atom stereocenters. The van der Waals surface area contributed by atoms with Crippen LogP contribution in [-0.4, -0.2) is 37.6 Å². The molecule has 1 saturated heterocycles. The fourth-order valence-corrected chi connectivity index (χ4v) is 4.65. The van der Waals surface area contributed by atoms with Crippen molar-refractivity contribution in [2.75, 3.05) is 6.54 Å². The molecule has 24 heavy (non-hydrogen) atoms. The minimum absolute atomic E-state index is 0.132. The summed E-state index contributed by atoms with van der Waals surface area (Å²) in [5.41, 5.74) is 0.356. The van der Waals surface area contributed by atoms with Crippen molar-refractivity contribution >= 4 is 15.7 Å². The summed E-state index contributed by atoms with van der Waals surface area (Å²) in [5, 5.41) is 0. The fraction of sp³-hybridized carbons (Fsp3) is 0.588. The summed E-state index contributed by atoms with van der Waals surface area (Å²) < 4.78 is 48.1. The van der Waals surface area contributed by atoms with Crippen LogP contribution in [-0.2, 0) is 9.84 Å². The third-order valence-corrected chi connectivity index (χ3v) is 6.57. The zero-order valence-electron chi connectivity index (χ0n) is 13.3. The number of benzene rings is 1. The molecule has 0 aromatic heterocycles. The molecule has 0 spiro atoms. The minimum atomic E-state index is -4.62. The van der Waals surface area contributed by atoms with Gasteiger partial charge in [0.1, 0.15) is 0 Å². The van der Waals surface area contributed by atoms with Crippen LogP contribution in [0.25, 0.3) is 0 Å². The second-order valence-electron chi connectivity index (χ2n) is 6.58. The molecular weight excluding hydrogens is 336 g/mol. The van der Waals surface area contributed by atoms with Crippen molar-refractivity contribution < 1.29 is 22.0 Å². The Bertz CT molecular complexity index is 701. The van der Waals surface area contributed by atoms with E-state index < -0.39 is 20.5 Å². The first-order chi connectivity index (χ1) is 11.4. The molecule has 1 amide bonds. The minimum Gasteiger partial charge on any atom is -0.335 e. The first-order valence-electron chi connectivity index (χ1n) is 8.34. The standard InChI is InChI=1S/C17H21F2NO3S/c18-17(19)24(22,23)14-9-7-13(8-10-14)16(21)20-11-3-5-12-4-1-2-6-15(12)20/h7-10,12,15,17H,1-6,11H2. The largest absolute Gasteiger partial charge is 0.341 e. The second-order valence-corrected chi connectivity index (χ2v) is 8.50. The number of likely N-dealkylation sites (tertiary alicyclic amines) is 1. The normalized spacial score (nSPS) is 24.7. The van der Waals surface area contributed by atoms with Gasteiger partial charge < -0.3 is 4.90 Å². The zero-order valence-corrected chi connectivity index (χ0v) is 14.1. The number of piperidine rings is 1. The smallest absolute Gasteiger partial charge is 0.335 e.